The lowest BCUT2D eigenvalue weighted by Crippen LogP contribution is -1.97. The SMILES string of the molecule is CCCCOP(CCCC)CCCC. The van der Waals surface area contributed by atoms with Crippen LogP contribution in [0.25, 0.3) is 0 Å². The van der Waals surface area contributed by atoms with Crippen LogP contribution in [-0.2, 0) is 4.52 Å². The number of hydrogen-bond donors (Lipinski definition) is 0. The van der Waals surface area contributed by atoms with Gasteiger partial charge in [-0.25, -0.2) is 0 Å². The largest absolute Gasteiger partial charge is 0.359 e. The summed E-state index contributed by atoms with van der Waals surface area (Å²) in [5.74, 6) is 0. The molecular formula is C12H27OP. The van der Waals surface area contributed by atoms with Crippen molar-refractivity contribution in [1.29, 1.82) is 0 Å². The molecule has 0 heterocycles. The van der Waals surface area contributed by atoms with Crippen molar-refractivity contribution in [1.82, 2.24) is 0 Å². The third kappa shape index (κ3) is 8.97. The van der Waals surface area contributed by atoms with Crippen LogP contribution < -0.4 is 0 Å². The minimum Gasteiger partial charge on any atom is -0.359 e. The van der Waals surface area contributed by atoms with Crippen molar-refractivity contribution in [3.63, 3.8) is 0 Å². The Labute approximate surface area is 91.5 Å². The molecule has 0 fully saturated rings. The monoisotopic (exact) mass is 218 g/mol. The van der Waals surface area contributed by atoms with E-state index in [9.17, 15) is 0 Å². The molecule has 0 atom stereocenters. The van der Waals surface area contributed by atoms with Crippen LogP contribution >= 0.6 is 8.15 Å². The van der Waals surface area contributed by atoms with Gasteiger partial charge in [-0.1, -0.05) is 40.0 Å². The zero-order valence-corrected chi connectivity index (χ0v) is 11.1. The van der Waals surface area contributed by atoms with Gasteiger partial charge in [-0.2, -0.15) is 0 Å². The predicted octanol–water partition coefficient (Wildman–Crippen LogP) is 4.80. The third-order valence-electron chi connectivity index (χ3n) is 2.29. The lowest BCUT2D eigenvalue weighted by Gasteiger charge is -2.17. The molecule has 0 rings (SSSR count). The highest BCUT2D eigenvalue weighted by Gasteiger charge is 2.07. The van der Waals surface area contributed by atoms with Gasteiger partial charge in [0.25, 0.3) is 0 Å². The van der Waals surface area contributed by atoms with E-state index in [0.717, 1.165) is 6.61 Å². The molecule has 1 nitrogen and oxygen atoms in total. The summed E-state index contributed by atoms with van der Waals surface area (Å²) in [6, 6.07) is 0. The van der Waals surface area contributed by atoms with E-state index in [-0.39, 0.29) is 8.15 Å². The topological polar surface area (TPSA) is 9.23 Å². The van der Waals surface area contributed by atoms with Gasteiger partial charge in [-0.15, -0.1) is 0 Å². The zero-order valence-electron chi connectivity index (χ0n) is 10.2. The number of rotatable bonds is 10. The molecule has 0 aromatic heterocycles. The molecule has 0 aliphatic rings. The summed E-state index contributed by atoms with van der Waals surface area (Å²) in [5, 5.41) is 0. The highest BCUT2D eigenvalue weighted by molar-refractivity contribution is 7.52. The molecule has 0 amide bonds. The van der Waals surface area contributed by atoms with E-state index in [1.54, 1.807) is 0 Å². The summed E-state index contributed by atoms with van der Waals surface area (Å²) in [4.78, 5) is 0. The van der Waals surface area contributed by atoms with Gasteiger partial charge < -0.3 is 4.52 Å². The van der Waals surface area contributed by atoms with Gasteiger partial charge in [0.05, 0.1) is 6.61 Å². The molecule has 0 aliphatic heterocycles. The van der Waals surface area contributed by atoms with E-state index in [1.165, 1.54) is 50.8 Å². The second kappa shape index (κ2) is 11.5. The summed E-state index contributed by atoms with van der Waals surface area (Å²) in [6.07, 6.45) is 10.5. The first-order chi connectivity index (χ1) is 6.85. The van der Waals surface area contributed by atoms with E-state index >= 15 is 0 Å². The molecule has 0 unspecified atom stereocenters. The average Bonchev–Trinajstić information content (AvgIpc) is 2.21. The van der Waals surface area contributed by atoms with Crippen LogP contribution in [0.1, 0.15) is 59.3 Å². The first-order valence-electron chi connectivity index (χ1n) is 6.23. The Balaban J connectivity index is 3.49. The second-order valence-electron chi connectivity index (χ2n) is 3.82. The lowest BCUT2D eigenvalue weighted by molar-refractivity contribution is 0.340. The summed E-state index contributed by atoms with van der Waals surface area (Å²) in [5.41, 5.74) is 0. The maximum atomic E-state index is 5.95. The van der Waals surface area contributed by atoms with Crippen LogP contribution in [-0.4, -0.2) is 18.9 Å². The van der Waals surface area contributed by atoms with Crippen molar-refractivity contribution in [2.24, 2.45) is 0 Å². The van der Waals surface area contributed by atoms with Crippen molar-refractivity contribution < 1.29 is 4.52 Å². The summed E-state index contributed by atoms with van der Waals surface area (Å²) >= 11 is 0. The van der Waals surface area contributed by atoms with Gasteiger partial charge >= 0.3 is 0 Å². The van der Waals surface area contributed by atoms with Gasteiger partial charge in [0.1, 0.15) is 0 Å². The molecule has 0 radical (unpaired) electrons. The van der Waals surface area contributed by atoms with Crippen molar-refractivity contribution >= 4 is 8.15 Å². The standard InChI is InChI=1S/C12H27OP/c1-4-7-10-13-14(11-8-5-2)12-9-6-3/h4-12H2,1-3H3. The Morgan fingerprint density at radius 3 is 1.71 bits per heavy atom. The molecule has 0 saturated heterocycles. The van der Waals surface area contributed by atoms with Crippen LogP contribution in [0.2, 0.25) is 0 Å². The smallest absolute Gasteiger partial charge is 0.0508 e. The maximum absolute atomic E-state index is 5.95. The third-order valence-corrected chi connectivity index (χ3v) is 4.47. The van der Waals surface area contributed by atoms with Gasteiger partial charge in [0.15, 0.2) is 0 Å². The van der Waals surface area contributed by atoms with Crippen LogP contribution in [0.3, 0.4) is 0 Å². The maximum Gasteiger partial charge on any atom is 0.0508 e. The number of unbranched alkanes of at least 4 members (excludes halogenated alkanes) is 3. The molecule has 0 N–H and O–H groups in total. The fourth-order valence-corrected chi connectivity index (χ4v) is 3.45. The summed E-state index contributed by atoms with van der Waals surface area (Å²) in [7, 11) is -0.0840. The van der Waals surface area contributed by atoms with Crippen molar-refractivity contribution in [2.45, 2.75) is 59.3 Å². The van der Waals surface area contributed by atoms with Crippen molar-refractivity contribution in [2.75, 3.05) is 18.9 Å². The van der Waals surface area contributed by atoms with Gasteiger partial charge in [-0.3, -0.25) is 0 Å². The Kier molecular flexibility index (Phi) is 11.8. The first-order valence-corrected chi connectivity index (χ1v) is 7.86. The lowest BCUT2D eigenvalue weighted by atomic mass is 10.4. The Morgan fingerprint density at radius 2 is 1.29 bits per heavy atom. The molecule has 0 aromatic rings. The normalized spacial score (nSPS) is 11.1. The molecule has 0 aromatic carbocycles. The molecule has 0 aliphatic carbocycles. The highest BCUT2D eigenvalue weighted by Crippen LogP contribution is 2.39. The van der Waals surface area contributed by atoms with E-state index in [4.69, 9.17) is 4.52 Å². The minimum absolute atomic E-state index is 0.0840. The molecule has 14 heavy (non-hydrogen) atoms. The van der Waals surface area contributed by atoms with E-state index in [2.05, 4.69) is 20.8 Å². The molecule has 0 spiro atoms. The molecule has 86 valence electrons. The van der Waals surface area contributed by atoms with Crippen molar-refractivity contribution in [3.8, 4) is 0 Å². The quantitative estimate of drug-likeness (QED) is 0.378. The predicted molar refractivity (Wildman–Crippen MR) is 67.3 cm³/mol. The molecule has 2 heteroatoms. The minimum atomic E-state index is -0.0840. The average molecular weight is 218 g/mol. The van der Waals surface area contributed by atoms with E-state index in [0.29, 0.717) is 0 Å². The van der Waals surface area contributed by atoms with Gasteiger partial charge in [0, 0.05) is 8.15 Å². The Bertz CT molecular complexity index is 98.5. The molecular weight excluding hydrogens is 191 g/mol. The van der Waals surface area contributed by atoms with Gasteiger partial charge in [-0.05, 0) is 31.6 Å². The van der Waals surface area contributed by atoms with E-state index < -0.39 is 0 Å². The Hall–Kier alpha value is 0.390. The van der Waals surface area contributed by atoms with Crippen LogP contribution in [0.4, 0.5) is 0 Å². The van der Waals surface area contributed by atoms with Crippen molar-refractivity contribution in [3.05, 3.63) is 0 Å². The van der Waals surface area contributed by atoms with Crippen LogP contribution in [0.15, 0.2) is 0 Å². The van der Waals surface area contributed by atoms with Crippen LogP contribution in [0.5, 0.6) is 0 Å². The molecule has 0 bridgehead atoms. The Morgan fingerprint density at radius 1 is 0.786 bits per heavy atom. The summed E-state index contributed by atoms with van der Waals surface area (Å²) < 4.78 is 5.95. The first kappa shape index (κ1) is 14.4. The fourth-order valence-electron chi connectivity index (χ4n) is 1.25. The van der Waals surface area contributed by atoms with Crippen LogP contribution in [0, 0.1) is 0 Å². The summed E-state index contributed by atoms with van der Waals surface area (Å²) in [6.45, 7) is 7.75. The van der Waals surface area contributed by atoms with Gasteiger partial charge in [0.2, 0.25) is 0 Å². The molecule has 0 saturated carbocycles. The number of hydrogen-bond acceptors (Lipinski definition) is 1. The second-order valence-corrected chi connectivity index (χ2v) is 5.94. The highest BCUT2D eigenvalue weighted by atomic mass is 31.1. The zero-order chi connectivity index (χ0) is 10.6. The fraction of sp³-hybridized carbons (Fsp3) is 1.00. The van der Waals surface area contributed by atoms with E-state index in [1.807, 2.05) is 0 Å².